The Hall–Kier alpha value is -0.870. The fourth-order valence-corrected chi connectivity index (χ4v) is 3.59. The van der Waals surface area contributed by atoms with Gasteiger partial charge in [0.05, 0.1) is 6.61 Å². The van der Waals surface area contributed by atoms with Gasteiger partial charge in [0.15, 0.2) is 0 Å². The van der Waals surface area contributed by atoms with Crippen molar-refractivity contribution in [2.45, 2.75) is 46.1 Å². The molecule has 0 fully saturated rings. The summed E-state index contributed by atoms with van der Waals surface area (Å²) in [5, 5.41) is 3.51. The molecule has 0 bridgehead atoms. The molecule has 2 unspecified atom stereocenters. The highest BCUT2D eigenvalue weighted by Crippen LogP contribution is 2.19. The van der Waals surface area contributed by atoms with Gasteiger partial charge in [-0.2, -0.15) is 0 Å². The van der Waals surface area contributed by atoms with Crippen LogP contribution in [0.4, 0.5) is 0 Å². The molecule has 0 heterocycles. The summed E-state index contributed by atoms with van der Waals surface area (Å²) in [6, 6.07) is 8.31. The molecule has 4 heteroatoms. The van der Waals surface area contributed by atoms with Gasteiger partial charge in [0.1, 0.15) is 5.75 Å². The Balaban J connectivity index is 2.68. The van der Waals surface area contributed by atoms with Crippen LogP contribution in [0.25, 0.3) is 0 Å². The van der Waals surface area contributed by atoms with E-state index in [1.807, 2.05) is 19.1 Å². The molecular formula is C17H29NO2S. The molecule has 120 valence electrons. The van der Waals surface area contributed by atoms with Crippen LogP contribution in [-0.4, -0.2) is 28.9 Å². The summed E-state index contributed by atoms with van der Waals surface area (Å²) >= 11 is 0. The molecule has 0 saturated heterocycles. The van der Waals surface area contributed by atoms with E-state index in [1.165, 1.54) is 5.56 Å². The maximum Gasteiger partial charge on any atom is 0.119 e. The van der Waals surface area contributed by atoms with E-state index >= 15 is 0 Å². The monoisotopic (exact) mass is 311 g/mol. The molecule has 1 rings (SSSR count). The molecule has 1 aromatic carbocycles. The zero-order chi connectivity index (χ0) is 15.5. The van der Waals surface area contributed by atoms with Gasteiger partial charge in [-0.1, -0.05) is 32.4 Å². The summed E-state index contributed by atoms with van der Waals surface area (Å²) in [6.45, 7) is 7.89. The average Bonchev–Trinajstić information content (AvgIpc) is 2.50. The summed E-state index contributed by atoms with van der Waals surface area (Å²) in [7, 11) is -0.756. The number of rotatable bonds is 11. The van der Waals surface area contributed by atoms with Crippen LogP contribution < -0.4 is 10.1 Å². The molecule has 21 heavy (non-hydrogen) atoms. The Bertz CT molecular complexity index is 406. The van der Waals surface area contributed by atoms with Gasteiger partial charge >= 0.3 is 0 Å². The molecule has 0 aliphatic rings. The van der Waals surface area contributed by atoms with Crippen molar-refractivity contribution in [2.24, 2.45) is 0 Å². The largest absolute Gasteiger partial charge is 0.494 e. The Morgan fingerprint density at radius 1 is 1.14 bits per heavy atom. The Labute approximate surface area is 131 Å². The molecule has 1 aromatic rings. The van der Waals surface area contributed by atoms with Gasteiger partial charge in [0, 0.05) is 28.3 Å². The second kappa shape index (κ2) is 10.8. The number of benzene rings is 1. The Morgan fingerprint density at radius 3 is 2.43 bits per heavy atom. The highest BCUT2D eigenvalue weighted by Gasteiger charge is 2.14. The Kier molecular flexibility index (Phi) is 9.35. The number of hydrogen-bond acceptors (Lipinski definition) is 3. The van der Waals surface area contributed by atoms with Gasteiger partial charge in [0.25, 0.3) is 0 Å². The first-order valence-electron chi connectivity index (χ1n) is 8.02. The maximum absolute atomic E-state index is 12.2. The zero-order valence-electron chi connectivity index (χ0n) is 13.6. The molecule has 0 spiro atoms. The van der Waals surface area contributed by atoms with Gasteiger partial charge in [-0.05, 0) is 44.0 Å². The summed E-state index contributed by atoms with van der Waals surface area (Å²) < 4.78 is 17.6. The van der Waals surface area contributed by atoms with Gasteiger partial charge in [-0.3, -0.25) is 4.21 Å². The van der Waals surface area contributed by atoms with Crippen LogP contribution in [-0.2, 0) is 10.8 Å². The highest BCUT2D eigenvalue weighted by molar-refractivity contribution is 7.85. The van der Waals surface area contributed by atoms with Gasteiger partial charge in [0.2, 0.25) is 0 Å². The van der Waals surface area contributed by atoms with Crippen LogP contribution in [0.15, 0.2) is 24.3 Å². The lowest BCUT2D eigenvalue weighted by atomic mass is 10.1. The lowest BCUT2D eigenvalue weighted by Gasteiger charge is -2.19. The second-order valence-electron chi connectivity index (χ2n) is 5.17. The molecule has 0 radical (unpaired) electrons. The molecule has 0 aliphatic carbocycles. The third kappa shape index (κ3) is 7.09. The third-order valence-electron chi connectivity index (χ3n) is 3.31. The van der Waals surface area contributed by atoms with E-state index in [1.54, 1.807) is 0 Å². The van der Waals surface area contributed by atoms with E-state index in [-0.39, 0.29) is 6.04 Å². The van der Waals surface area contributed by atoms with E-state index < -0.39 is 10.8 Å². The fourth-order valence-electron chi connectivity index (χ4n) is 2.13. The summed E-state index contributed by atoms with van der Waals surface area (Å²) in [6.07, 6.45) is 3.22. The minimum Gasteiger partial charge on any atom is -0.494 e. The summed E-state index contributed by atoms with van der Waals surface area (Å²) in [4.78, 5) is 0. The molecule has 2 atom stereocenters. The molecule has 3 nitrogen and oxygen atoms in total. The lowest BCUT2D eigenvalue weighted by Crippen LogP contribution is -2.27. The molecule has 0 aliphatic heterocycles. The predicted octanol–water partition coefficient (Wildman–Crippen LogP) is 3.67. The van der Waals surface area contributed by atoms with E-state index in [2.05, 4.69) is 31.3 Å². The maximum atomic E-state index is 12.2. The third-order valence-corrected chi connectivity index (χ3v) is 4.76. The summed E-state index contributed by atoms with van der Waals surface area (Å²) in [5.41, 5.74) is 1.19. The van der Waals surface area contributed by atoms with Crippen molar-refractivity contribution >= 4 is 10.8 Å². The van der Waals surface area contributed by atoms with E-state index in [4.69, 9.17) is 4.74 Å². The van der Waals surface area contributed by atoms with Crippen LogP contribution in [0, 0.1) is 0 Å². The number of ether oxygens (including phenoxy) is 1. The fraction of sp³-hybridized carbons (Fsp3) is 0.647. The standard InChI is InChI=1S/C17H29NO2S/c1-4-7-13-21(19)14-17(18-12-5-2)15-8-10-16(11-9-15)20-6-3/h8-11,17-18H,4-7,12-14H2,1-3H3. The van der Waals surface area contributed by atoms with Crippen molar-refractivity contribution in [3.8, 4) is 5.75 Å². The van der Waals surface area contributed by atoms with Crippen LogP contribution in [0.1, 0.15) is 51.6 Å². The normalized spacial score (nSPS) is 13.9. The van der Waals surface area contributed by atoms with E-state index in [9.17, 15) is 4.21 Å². The van der Waals surface area contributed by atoms with E-state index in [0.29, 0.717) is 12.4 Å². The molecule has 0 saturated carbocycles. The smallest absolute Gasteiger partial charge is 0.119 e. The average molecular weight is 311 g/mol. The van der Waals surface area contributed by atoms with Crippen molar-refractivity contribution in [1.82, 2.24) is 5.32 Å². The molecular weight excluding hydrogens is 282 g/mol. The first-order valence-corrected chi connectivity index (χ1v) is 9.51. The molecule has 0 amide bonds. The van der Waals surface area contributed by atoms with Crippen molar-refractivity contribution in [2.75, 3.05) is 24.7 Å². The van der Waals surface area contributed by atoms with Crippen molar-refractivity contribution in [1.29, 1.82) is 0 Å². The minimum absolute atomic E-state index is 0.165. The topological polar surface area (TPSA) is 38.3 Å². The Morgan fingerprint density at radius 2 is 1.86 bits per heavy atom. The number of hydrogen-bond donors (Lipinski definition) is 1. The number of unbranched alkanes of at least 4 members (excludes halogenated alkanes) is 1. The van der Waals surface area contributed by atoms with Gasteiger partial charge in [-0.15, -0.1) is 0 Å². The highest BCUT2D eigenvalue weighted by atomic mass is 32.2. The lowest BCUT2D eigenvalue weighted by molar-refractivity contribution is 0.340. The zero-order valence-corrected chi connectivity index (χ0v) is 14.4. The second-order valence-corrected chi connectivity index (χ2v) is 6.79. The van der Waals surface area contributed by atoms with Crippen LogP contribution in [0.2, 0.25) is 0 Å². The predicted molar refractivity (Wildman–Crippen MR) is 91.4 cm³/mol. The summed E-state index contributed by atoms with van der Waals surface area (Å²) in [5.74, 6) is 2.38. The van der Waals surface area contributed by atoms with Crippen LogP contribution >= 0.6 is 0 Å². The van der Waals surface area contributed by atoms with E-state index in [0.717, 1.165) is 37.3 Å². The number of nitrogens with one attached hydrogen (secondary N) is 1. The first-order chi connectivity index (χ1) is 10.2. The quantitative estimate of drug-likeness (QED) is 0.677. The van der Waals surface area contributed by atoms with Gasteiger partial charge in [-0.25, -0.2) is 0 Å². The minimum atomic E-state index is -0.756. The van der Waals surface area contributed by atoms with Crippen molar-refractivity contribution < 1.29 is 8.95 Å². The molecule has 1 N–H and O–H groups in total. The first kappa shape index (κ1) is 18.2. The SMILES string of the molecule is CCCCS(=O)CC(NCCC)c1ccc(OCC)cc1. The van der Waals surface area contributed by atoms with Crippen LogP contribution in [0.5, 0.6) is 5.75 Å². The van der Waals surface area contributed by atoms with Crippen molar-refractivity contribution in [3.05, 3.63) is 29.8 Å². The molecule has 0 aromatic heterocycles. The van der Waals surface area contributed by atoms with Crippen molar-refractivity contribution in [3.63, 3.8) is 0 Å². The van der Waals surface area contributed by atoms with Gasteiger partial charge < -0.3 is 10.1 Å². The van der Waals surface area contributed by atoms with Crippen LogP contribution in [0.3, 0.4) is 0 Å².